The summed E-state index contributed by atoms with van der Waals surface area (Å²) in [5.41, 5.74) is 4.90. The number of rotatable bonds is 7. The zero-order valence-electron chi connectivity index (χ0n) is 8.80. The Kier molecular flexibility index (Phi) is 6.74. The number of carbonyl (C=O) groups is 2. The summed E-state index contributed by atoms with van der Waals surface area (Å²) in [6, 6.07) is -0.623. The molecule has 1 unspecified atom stereocenters. The highest BCUT2D eigenvalue weighted by Crippen LogP contribution is 1.99. The third kappa shape index (κ3) is 5.53. The van der Waals surface area contributed by atoms with Gasteiger partial charge in [-0.3, -0.25) is 4.79 Å². The van der Waals surface area contributed by atoms with Gasteiger partial charge in [0.1, 0.15) is 5.78 Å². The maximum Gasteiger partial charge on any atom is 0.312 e. The number of ketones is 1. The van der Waals surface area contributed by atoms with Crippen LogP contribution in [0.15, 0.2) is 0 Å². The molecule has 5 nitrogen and oxygen atoms in total. The lowest BCUT2D eigenvalue weighted by Gasteiger charge is -2.13. The van der Waals surface area contributed by atoms with Crippen molar-refractivity contribution < 1.29 is 9.59 Å². The second-order valence-corrected chi connectivity index (χ2v) is 3.09. The molecule has 1 atom stereocenters. The van der Waals surface area contributed by atoms with E-state index in [0.717, 1.165) is 12.8 Å². The fourth-order valence-electron chi connectivity index (χ4n) is 1.23. The molecule has 0 rings (SSSR count). The summed E-state index contributed by atoms with van der Waals surface area (Å²) >= 11 is 0. The minimum atomic E-state index is -0.521. The van der Waals surface area contributed by atoms with Crippen molar-refractivity contribution in [2.45, 2.75) is 32.2 Å². The first-order valence-corrected chi connectivity index (χ1v) is 4.85. The average Bonchev–Trinajstić information content (AvgIpc) is 2.16. The maximum atomic E-state index is 11.3. The van der Waals surface area contributed by atoms with E-state index in [1.165, 1.54) is 0 Å². The minimum absolute atomic E-state index is 0.102. The van der Waals surface area contributed by atoms with Gasteiger partial charge in [-0.15, -0.1) is 0 Å². The number of primary amides is 1. The number of urea groups is 1. The molecule has 0 spiro atoms. The van der Waals surface area contributed by atoms with Gasteiger partial charge in [0.05, 0.1) is 6.04 Å². The van der Waals surface area contributed by atoms with Crippen LogP contribution in [0.1, 0.15) is 26.2 Å². The predicted octanol–water partition coefficient (Wildman–Crippen LogP) is 0.00200. The number of likely N-dealkylation sites (N-methyl/N-ethyl adjacent to an activating group) is 1. The Hall–Kier alpha value is -1.10. The van der Waals surface area contributed by atoms with E-state index in [0.29, 0.717) is 13.0 Å². The topological polar surface area (TPSA) is 84.2 Å². The molecule has 0 aromatic carbocycles. The number of carbonyl (C=O) groups excluding carboxylic acids is 2. The van der Waals surface area contributed by atoms with Crippen LogP contribution in [0.25, 0.3) is 0 Å². The van der Waals surface area contributed by atoms with Crippen LogP contribution in [0.5, 0.6) is 0 Å². The van der Waals surface area contributed by atoms with Crippen molar-refractivity contribution in [1.29, 1.82) is 0 Å². The van der Waals surface area contributed by atoms with Crippen LogP contribution in [0.4, 0.5) is 4.79 Å². The summed E-state index contributed by atoms with van der Waals surface area (Å²) in [4.78, 5) is 21.6. The Labute approximate surface area is 84.4 Å². The van der Waals surface area contributed by atoms with Crippen molar-refractivity contribution >= 4 is 11.8 Å². The van der Waals surface area contributed by atoms with E-state index < -0.39 is 6.03 Å². The molecule has 0 aliphatic rings. The van der Waals surface area contributed by atoms with Gasteiger partial charge in [-0.05, 0) is 19.9 Å². The van der Waals surface area contributed by atoms with Crippen LogP contribution >= 0.6 is 0 Å². The molecule has 4 N–H and O–H groups in total. The number of nitrogens with two attached hydrogens (primary N) is 1. The third-order valence-electron chi connectivity index (χ3n) is 2.05. The fourth-order valence-corrected chi connectivity index (χ4v) is 1.23. The van der Waals surface area contributed by atoms with Crippen molar-refractivity contribution in [2.75, 3.05) is 13.6 Å². The fraction of sp³-hybridized carbons (Fsp3) is 0.778. The number of hydrogen-bond acceptors (Lipinski definition) is 3. The molecule has 0 aliphatic heterocycles. The van der Waals surface area contributed by atoms with Gasteiger partial charge in [-0.25, -0.2) is 4.79 Å². The van der Waals surface area contributed by atoms with Crippen molar-refractivity contribution in [3.63, 3.8) is 0 Å². The van der Waals surface area contributed by atoms with Crippen LogP contribution in [0, 0.1) is 0 Å². The standard InChI is InChI=1S/C9H19N3O2/c1-3-8(13)7(11-2)5-4-6-12-9(10)14/h7,11H,3-6H2,1-2H3,(H3,10,12,14). The van der Waals surface area contributed by atoms with Crippen LogP contribution in [0.3, 0.4) is 0 Å². The van der Waals surface area contributed by atoms with Gasteiger partial charge in [0.2, 0.25) is 0 Å². The predicted molar refractivity (Wildman–Crippen MR) is 55.0 cm³/mol. The quantitative estimate of drug-likeness (QED) is 0.507. The van der Waals surface area contributed by atoms with Crippen LogP contribution < -0.4 is 16.4 Å². The largest absolute Gasteiger partial charge is 0.352 e. The molecular formula is C9H19N3O2. The average molecular weight is 201 g/mol. The highest BCUT2D eigenvalue weighted by atomic mass is 16.2. The lowest BCUT2D eigenvalue weighted by Crippen LogP contribution is -2.35. The Balaban J connectivity index is 3.63. The SMILES string of the molecule is CCC(=O)C(CCCNC(N)=O)NC. The molecule has 0 aromatic heterocycles. The molecular weight excluding hydrogens is 182 g/mol. The first kappa shape index (κ1) is 12.9. The number of nitrogens with one attached hydrogen (secondary N) is 2. The normalized spacial score (nSPS) is 12.1. The first-order valence-electron chi connectivity index (χ1n) is 4.85. The second kappa shape index (κ2) is 7.32. The highest BCUT2D eigenvalue weighted by Gasteiger charge is 2.13. The number of amides is 2. The Bertz CT molecular complexity index is 194. The zero-order chi connectivity index (χ0) is 11.0. The number of Topliss-reactive ketones (excluding diaryl/α,β-unsaturated/α-hetero) is 1. The summed E-state index contributed by atoms with van der Waals surface area (Å²) in [6.45, 7) is 2.36. The van der Waals surface area contributed by atoms with Crippen molar-refractivity contribution in [3.05, 3.63) is 0 Å². The Morgan fingerprint density at radius 3 is 2.50 bits per heavy atom. The summed E-state index contributed by atoms with van der Waals surface area (Å²) in [5.74, 6) is 0.201. The molecule has 5 heteroatoms. The van der Waals surface area contributed by atoms with Gasteiger partial charge < -0.3 is 16.4 Å². The van der Waals surface area contributed by atoms with E-state index in [-0.39, 0.29) is 11.8 Å². The van der Waals surface area contributed by atoms with Gasteiger partial charge in [0.25, 0.3) is 0 Å². The second-order valence-electron chi connectivity index (χ2n) is 3.09. The van der Waals surface area contributed by atoms with Crippen molar-refractivity contribution in [1.82, 2.24) is 10.6 Å². The van der Waals surface area contributed by atoms with E-state index in [1.54, 1.807) is 7.05 Å². The van der Waals surface area contributed by atoms with E-state index in [9.17, 15) is 9.59 Å². The molecule has 0 saturated carbocycles. The maximum absolute atomic E-state index is 11.3. The molecule has 2 amide bonds. The van der Waals surface area contributed by atoms with Gasteiger partial charge in [0.15, 0.2) is 0 Å². The molecule has 0 fully saturated rings. The van der Waals surface area contributed by atoms with Gasteiger partial charge >= 0.3 is 6.03 Å². The molecule has 0 heterocycles. The van der Waals surface area contributed by atoms with Crippen molar-refractivity contribution in [3.8, 4) is 0 Å². The lowest BCUT2D eigenvalue weighted by atomic mass is 10.1. The Morgan fingerprint density at radius 2 is 2.07 bits per heavy atom. The van der Waals surface area contributed by atoms with E-state index in [1.807, 2.05) is 6.92 Å². The van der Waals surface area contributed by atoms with Crippen LogP contribution in [-0.4, -0.2) is 31.4 Å². The van der Waals surface area contributed by atoms with Gasteiger partial charge in [0, 0.05) is 13.0 Å². The molecule has 14 heavy (non-hydrogen) atoms. The zero-order valence-corrected chi connectivity index (χ0v) is 8.80. The smallest absolute Gasteiger partial charge is 0.312 e. The van der Waals surface area contributed by atoms with E-state index >= 15 is 0 Å². The molecule has 0 aliphatic carbocycles. The van der Waals surface area contributed by atoms with Gasteiger partial charge in [-0.2, -0.15) is 0 Å². The molecule has 82 valence electrons. The van der Waals surface area contributed by atoms with Crippen molar-refractivity contribution in [2.24, 2.45) is 5.73 Å². The summed E-state index contributed by atoms with van der Waals surface area (Å²) < 4.78 is 0. The minimum Gasteiger partial charge on any atom is -0.352 e. The van der Waals surface area contributed by atoms with E-state index in [2.05, 4.69) is 10.6 Å². The first-order chi connectivity index (χ1) is 6.61. The summed E-state index contributed by atoms with van der Waals surface area (Å²) in [7, 11) is 1.76. The lowest BCUT2D eigenvalue weighted by molar-refractivity contribution is -0.120. The monoisotopic (exact) mass is 201 g/mol. The summed E-state index contributed by atoms with van der Waals surface area (Å²) in [5, 5.41) is 5.43. The number of hydrogen-bond donors (Lipinski definition) is 3. The van der Waals surface area contributed by atoms with Crippen LogP contribution in [-0.2, 0) is 4.79 Å². The third-order valence-corrected chi connectivity index (χ3v) is 2.05. The van der Waals surface area contributed by atoms with Crippen LogP contribution in [0.2, 0.25) is 0 Å². The summed E-state index contributed by atoms with van der Waals surface area (Å²) in [6.07, 6.45) is 2.01. The Morgan fingerprint density at radius 1 is 1.43 bits per heavy atom. The molecule has 0 radical (unpaired) electrons. The molecule has 0 aromatic rings. The highest BCUT2D eigenvalue weighted by molar-refractivity contribution is 5.83. The van der Waals surface area contributed by atoms with E-state index in [4.69, 9.17) is 5.73 Å². The molecule has 0 bridgehead atoms. The molecule has 0 saturated heterocycles. The van der Waals surface area contributed by atoms with Gasteiger partial charge in [-0.1, -0.05) is 6.92 Å².